The Bertz CT molecular complexity index is 949. The zero-order valence-electron chi connectivity index (χ0n) is 15.1. The van der Waals surface area contributed by atoms with Crippen LogP contribution in [0.5, 0.6) is 5.75 Å². The molecule has 0 spiro atoms. The zero-order valence-corrected chi connectivity index (χ0v) is 18.2. The highest BCUT2D eigenvalue weighted by Gasteiger charge is 2.14. The first-order chi connectivity index (χ1) is 13.5. The molecule has 0 fully saturated rings. The van der Waals surface area contributed by atoms with E-state index in [1.54, 1.807) is 24.3 Å². The molecule has 3 aromatic rings. The number of hydrogen-bond acceptors (Lipinski definition) is 5. The Labute approximate surface area is 180 Å². The highest BCUT2D eigenvalue weighted by molar-refractivity contribution is 9.10. The summed E-state index contributed by atoms with van der Waals surface area (Å²) in [6.45, 7) is 2.99. The Morgan fingerprint density at radius 1 is 1.25 bits per heavy atom. The minimum Gasteiger partial charge on any atom is -0.486 e. The molecule has 6 nitrogen and oxygen atoms in total. The van der Waals surface area contributed by atoms with Crippen LogP contribution in [0.15, 0.2) is 58.2 Å². The number of nitrogens with zero attached hydrogens (tertiary/aromatic N) is 3. The average molecular weight is 482 g/mol. The van der Waals surface area contributed by atoms with E-state index in [0.29, 0.717) is 34.8 Å². The molecular formula is C19H18BrClN4O2S. The van der Waals surface area contributed by atoms with Gasteiger partial charge >= 0.3 is 0 Å². The van der Waals surface area contributed by atoms with Gasteiger partial charge in [0.1, 0.15) is 12.4 Å². The number of benzene rings is 2. The van der Waals surface area contributed by atoms with E-state index in [1.807, 2.05) is 35.8 Å². The van der Waals surface area contributed by atoms with Gasteiger partial charge in [-0.2, -0.15) is 0 Å². The van der Waals surface area contributed by atoms with Gasteiger partial charge in [-0.05, 0) is 49.4 Å². The Hall–Kier alpha value is -2.03. The highest BCUT2D eigenvalue weighted by atomic mass is 79.9. The van der Waals surface area contributed by atoms with Gasteiger partial charge in [0.05, 0.1) is 5.75 Å². The summed E-state index contributed by atoms with van der Waals surface area (Å²) in [5.41, 5.74) is 0.665. The number of rotatable bonds is 8. The van der Waals surface area contributed by atoms with Crippen LogP contribution in [-0.2, 0) is 17.9 Å². The first-order valence-electron chi connectivity index (χ1n) is 8.54. The number of carbonyl (C=O) groups is 1. The second kappa shape index (κ2) is 9.95. The number of halogens is 2. The third-order valence-electron chi connectivity index (χ3n) is 3.73. The number of hydrogen-bond donors (Lipinski definition) is 1. The monoisotopic (exact) mass is 480 g/mol. The minimum absolute atomic E-state index is 0.134. The van der Waals surface area contributed by atoms with Gasteiger partial charge < -0.3 is 14.6 Å². The third kappa shape index (κ3) is 5.73. The van der Waals surface area contributed by atoms with Gasteiger partial charge in [-0.25, -0.2) is 0 Å². The van der Waals surface area contributed by atoms with Crippen LogP contribution >= 0.6 is 39.3 Å². The quantitative estimate of drug-likeness (QED) is 0.457. The lowest BCUT2D eigenvalue weighted by atomic mass is 10.3. The molecule has 0 atom stereocenters. The second-order valence-corrected chi connectivity index (χ2v) is 8.03. The van der Waals surface area contributed by atoms with E-state index in [0.717, 1.165) is 10.2 Å². The maximum absolute atomic E-state index is 12.2. The smallest absolute Gasteiger partial charge is 0.234 e. The number of carbonyl (C=O) groups excluding carboxylic acids is 1. The lowest BCUT2D eigenvalue weighted by molar-refractivity contribution is -0.113. The third-order valence-corrected chi connectivity index (χ3v) is 5.46. The van der Waals surface area contributed by atoms with Gasteiger partial charge in [-0.1, -0.05) is 45.4 Å². The molecule has 1 heterocycles. The van der Waals surface area contributed by atoms with Gasteiger partial charge in [-0.15, -0.1) is 10.2 Å². The van der Waals surface area contributed by atoms with Crippen LogP contribution in [0.4, 0.5) is 5.69 Å². The lowest BCUT2D eigenvalue weighted by Crippen LogP contribution is -2.14. The predicted octanol–water partition coefficient (Wildman–Crippen LogP) is 5.02. The Morgan fingerprint density at radius 3 is 2.75 bits per heavy atom. The molecule has 1 aromatic heterocycles. The summed E-state index contributed by atoms with van der Waals surface area (Å²) in [7, 11) is 0. The summed E-state index contributed by atoms with van der Waals surface area (Å²) in [6.07, 6.45) is 0. The van der Waals surface area contributed by atoms with Crippen molar-refractivity contribution in [3.63, 3.8) is 0 Å². The van der Waals surface area contributed by atoms with E-state index in [9.17, 15) is 4.79 Å². The van der Waals surface area contributed by atoms with Gasteiger partial charge in [0.25, 0.3) is 0 Å². The van der Waals surface area contributed by atoms with E-state index < -0.39 is 0 Å². The van der Waals surface area contributed by atoms with Crippen LogP contribution in [0, 0.1) is 0 Å². The van der Waals surface area contributed by atoms with Crippen molar-refractivity contribution >= 4 is 50.9 Å². The van der Waals surface area contributed by atoms with Gasteiger partial charge in [0.15, 0.2) is 11.0 Å². The Balaban J connectivity index is 1.57. The zero-order chi connectivity index (χ0) is 19.9. The molecule has 9 heteroatoms. The number of anilines is 1. The number of aromatic nitrogens is 3. The van der Waals surface area contributed by atoms with Gasteiger partial charge in [0.2, 0.25) is 5.91 Å². The van der Waals surface area contributed by atoms with Crippen LogP contribution < -0.4 is 10.1 Å². The van der Waals surface area contributed by atoms with Crippen LogP contribution in [0.2, 0.25) is 5.02 Å². The summed E-state index contributed by atoms with van der Waals surface area (Å²) in [5, 5.41) is 12.5. The molecule has 146 valence electrons. The molecule has 0 aliphatic rings. The van der Waals surface area contributed by atoms with Crippen molar-refractivity contribution in [2.75, 3.05) is 11.1 Å². The van der Waals surface area contributed by atoms with Gasteiger partial charge in [-0.3, -0.25) is 4.79 Å². The minimum atomic E-state index is -0.134. The summed E-state index contributed by atoms with van der Waals surface area (Å²) >= 11 is 10.7. The van der Waals surface area contributed by atoms with E-state index in [4.69, 9.17) is 16.3 Å². The first kappa shape index (κ1) is 20.7. The summed E-state index contributed by atoms with van der Waals surface area (Å²) in [4.78, 5) is 12.2. The molecule has 28 heavy (non-hydrogen) atoms. The van der Waals surface area contributed by atoms with Crippen molar-refractivity contribution in [2.24, 2.45) is 0 Å². The van der Waals surface area contributed by atoms with Crippen LogP contribution in [0.25, 0.3) is 0 Å². The van der Waals surface area contributed by atoms with Gasteiger partial charge in [0, 0.05) is 21.7 Å². The molecule has 1 N–H and O–H groups in total. The maximum atomic E-state index is 12.2. The molecule has 1 amide bonds. The second-order valence-electron chi connectivity index (χ2n) is 5.73. The standard InChI is InChI=1S/C19H18BrClN4O2S/c1-2-25-17(11-27-16-8-6-13(20)7-9-16)23-24-19(25)28-12-18(26)22-15-5-3-4-14(21)10-15/h3-10H,2,11-12H2,1H3,(H,22,26). The van der Waals surface area contributed by atoms with Crippen LogP contribution in [-0.4, -0.2) is 26.4 Å². The molecular weight excluding hydrogens is 464 g/mol. The highest BCUT2D eigenvalue weighted by Crippen LogP contribution is 2.21. The van der Waals surface area contributed by atoms with Crippen LogP contribution in [0.1, 0.15) is 12.7 Å². The largest absolute Gasteiger partial charge is 0.486 e. The summed E-state index contributed by atoms with van der Waals surface area (Å²) in [5.74, 6) is 1.55. The molecule has 0 saturated carbocycles. The maximum Gasteiger partial charge on any atom is 0.234 e. The molecule has 3 rings (SSSR count). The van der Waals surface area contributed by atoms with Crippen molar-refractivity contribution in [1.29, 1.82) is 0 Å². The molecule has 0 bridgehead atoms. The van der Waals surface area contributed by atoms with Crippen molar-refractivity contribution in [1.82, 2.24) is 14.8 Å². The number of thioether (sulfide) groups is 1. The van der Waals surface area contributed by atoms with Crippen molar-refractivity contribution < 1.29 is 9.53 Å². The first-order valence-corrected chi connectivity index (χ1v) is 10.7. The van der Waals surface area contributed by atoms with Crippen molar-refractivity contribution in [3.8, 4) is 5.75 Å². The normalized spacial score (nSPS) is 10.7. The number of amides is 1. The summed E-state index contributed by atoms with van der Waals surface area (Å²) < 4.78 is 8.71. The number of ether oxygens (including phenoxy) is 1. The fourth-order valence-electron chi connectivity index (χ4n) is 2.42. The van der Waals surface area contributed by atoms with Crippen molar-refractivity contribution in [2.45, 2.75) is 25.2 Å². The van der Waals surface area contributed by atoms with Crippen molar-refractivity contribution in [3.05, 3.63) is 63.9 Å². The fourth-order valence-corrected chi connectivity index (χ4v) is 3.70. The van der Waals surface area contributed by atoms with E-state index in [-0.39, 0.29) is 11.7 Å². The van der Waals surface area contributed by atoms with Crippen LogP contribution in [0.3, 0.4) is 0 Å². The molecule has 2 aromatic carbocycles. The molecule has 0 radical (unpaired) electrons. The molecule has 0 aliphatic carbocycles. The topological polar surface area (TPSA) is 69.0 Å². The molecule has 0 saturated heterocycles. The molecule has 0 unspecified atom stereocenters. The van der Waals surface area contributed by atoms with E-state index in [1.165, 1.54) is 11.8 Å². The average Bonchev–Trinajstić information content (AvgIpc) is 3.08. The predicted molar refractivity (Wildman–Crippen MR) is 115 cm³/mol. The lowest BCUT2D eigenvalue weighted by Gasteiger charge is -2.09. The van der Waals surface area contributed by atoms with E-state index in [2.05, 4.69) is 31.4 Å². The Morgan fingerprint density at radius 2 is 2.04 bits per heavy atom. The van der Waals surface area contributed by atoms with E-state index >= 15 is 0 Å². The SMILES string of the molecule is CCn1c(COc2ccc(Br)cc2)nnc1SCC(=O)Nc1cccc(Cl)c1. The Kier molecular flexibility index (Phi) is 7.36. The molecule has 0 aliphatic heterocycles. The number of nitrogens with one attached hydrogen (secondary N) is 1. The fraction of sp³-hybridized carbons (Fsp3) is 0.211. The summed E-state index contributed by atoms with van der Waals surface area (Å²) in [6, 6.07) is 14.6.